The Hall–Kier alpha value is -2.48. The highest BCUT2D eigenvalue weighted by Gasteiger charge is 2.35. The zero-order valence-corrected chi connectivity index (χ0v) is 14.4. The van der Waals surface area contributed by atoms with Crippen LogP contribution in [0.5, 0.6) is 0 Å². The third-order valence-corrected chi connectivity index (χ3v) is 4.88. The van der Waals surface area contributed by atoms with Crippen LogP contribution in [-0.2, 0) is 25.7 Å². The van der Waals surface area contributed by atoms with Crippen molar-refractivity contribution < 1.29 is 17.6 Å². The summed E-state index contributed by atoms with van der Waals surface area (Å²) in [6.07, 6.45) is -0.366. The quantitative estimate of drug-likeness (QED) is 0.700. The van der Waals surface area contributed by atoms with Gasteiger partial charge in [0, 0.05) is 37.3 Å². The summed E-state index contributed by atoms with van der Waals surface area (Å²) in [7, 11) is 0. The lowest BCUT2D eigenvalue weighted by atomic mass is 9.99. The highest BCUT2D eigenvalue weighted by Crippen LogP contribution is 2.30. The SMILES string of the molecule is Fc1cc(CNCC2CCc3nc(C(F)(F)F)cn3C2)c2ncccc2c1. The average Bonchev–Trinajstić information content (AvgIpc) is 3.05. The standard InChI is InChI=1S/C19H18F4N4/c20-15-6-13-2-1-5-25-18(13)14(7-15)9-24-8-12-3-4-17-26-16(19(21,22)23)11-27(17)10-12/h1-2,5-7,11-12,24H,3-4,8-10H2. The van der Waals surface area contributed by atoms with Gasteiger partial charge in [0.2, 0.25) is 0 Å². The maximum Gasteiger partial charge on any atom is 0.434 e. The Bertz CT molecular complexity index is 964. The summed E-state index contributed by atoms with van der Waals surface area (Å²) in [5, 5.41) is 4.04. The van der Waals surface area contributed by atoms with Gasteiger partial charge in [0.15, 0.2) is 5.69 Å². The van der Waals surface area contributed by atoms with Crippen LogP contribution in [-0.4, -0.2) is 21.1 Å². The second kappa shape index (κ2) is 6.92. The van der Waals surface area contributed by atoms with Crippen LogP contribution in [0.1, 0.15) is 23.5 Å². The van der Waals surface area contributed by atoms with Crippen LogP contribution in [0.25, 0.3) is 10.9 Å². The zero-order chi connectivity index (χ0) is 19.0. The van der Waals surface area contributed by atoms with E-state index in [1.165, 1.54) is 12.1 Å². The summed E-state index contributed by atoms with van der Waals surface area (Å²) in [4.78, 5) is 8.01. The summed E-state index contributed by atoms with van der Waals surface area (Å²) >= 11 is 0. The fourth-order valence-electron chi connectivity index (χ4n) is 3.59. The van der Waals surface area contributed by atoms with E-state index in [0.717, 1.165) is 29.1 Å². The molecule has 0 saturated heterocycles. The number of pyridine rings is 1. The van der Waals surface area contributed by atoms with Crippen LogP contribution in [0, 0.1) is 11.7 Å². The lowest BCUT2D eigenvalue weighted by molar-refractivity contribution is -0.141. The molecule has 0 bridgehead atoms. The summed E-state index contributed by atoms with van der Waals surface area (Å²) in [5.74, 6) is 0.368. The second-order valence-corrected chi connectivity index (χ2v) is 6.87. The van der Waals surface area contributed by atoms with E-state index >= 15 is 0 Å². The number of aryl methyl sites for hydroxylation is 1. The van der Waals surface area contributed by atoms with E-state index in [1.54, 1.807) is 16.8 Å². The lowest BCUT2D eigenvalue weighted by Gasteiger charge is -2.24. The number of benzene rings is 1. The first-order valence-electron chi connectivity index (χ1n) is 8.77. The van der Waals surface area contributed by atoms with Gasteiger partial charge in [0.25, 0.3) is 0 Å². The fraction of sp³-hybridized carbons (Fsp3) is 0.368. The molecule has 3 heterocycles. The number of halogens is 4. The number of nitrogens with one attached hydrogen (secondary N) is 1. The number of hydrogen-bond donors (Lipinski definition) is 1. The number of imidazole rings is 1. The van der Waals surface area contributed by atoms with Crippen LogP contribution < -0.4 is 5.32 Å². The van der Waals surface area contributed by atoms with Crippen molar-refractivity contribution in [3.63, 3.8) is 0 Å². The van der Waals surface area contributed by atoms with Crippen molar-refractivity contribution in [2.75, 3.05) is 6.54 Å². The number of fused-ring (bicyclic) bond motifs is 2. The Labute approximate surface area is 153 Å². The fourth-order valence-corrected chi connectivity index (χ4v) is 3.59. The van der Waals surface area contributed by atoms with Crippen molar-refractivity contribution >= 4 is 10.9 Å². The number of aromatic nitrogens is 3. The zero-order valence-electron chi connectivity index (χ0n) is 14.4. The van der Waals surface area contributed by atoms with Gasteiger partial charge in [-0.2, -0.15) is 13.2 Å². The topological polar surface area (TPSA) is 42.7 Å². The molecule has 3 aromatic rings. The van der Waals surface area contributed by atoms with Gasteiger partial charge in [-0.25, -0.2) is 9.37 Å². The van der Waals surface area contributed by atoms with E-state index in [9.17, 15) is 17.6 Å². The van der Waals surface area contributed by atoms with Crippen molar-refractivity contribution in [3.8, 4) is 0 Å². The molecule has 0 amide bonds. The van der Waals surface area contributed by atoms with Gasteiger partial charge in [0.05, 0.1) is 5.52 Å². The van der Waals surface area contributed by atoms with E-state index in [0.29, 0.717) is 31.9 Å². The molecule has 0 aliphatic carbocycles. The highest BCUT2D eigenvalue weighted by molar-refractivity contribution is 5.81. The Morgan fingerprint density at radius 2 is 2.11 bits per heavy atom. The van der Waals surface area contributed by atoms with Crippen molar-refractivity contribution in [1.82, 2.24) is 19.9 Å². The van der Waals surface area contributed by atoms with E-state index in [-0.39, 0.29) is 11.7 Å². The smallest absolute Gasteiger partial charge is 0.334 e. The molecule has 1 aliphatic rings. The second-order valence-electron chi connectivity index (χ2n) is 6.87. The van der Waals surface area contributed by atoms with Gasteiger partial charge in [-0.05, 0) is 42.6 Å². The van der Waals surface area contributed by atoms with Crippen LogP contribution >= 0.6 is 0 Å². The lowest BCUT2D eigenvalue weighted by Crippen LogP contribution is -2.29. The first kappa shape index (κ1) is 17.9. The van der Waals surface area contributed by atoms with Gasteiger partial charge in [-0.1, -0.05) is 6.07 Å². The first-order valence-corrected chi connectivity index (χ1v) is 8.77. The van der Waals surface area contributed by atoms with Crippen molar-refractivity contribution in [2.45, 2.75) is 32.1 Å². The van der Waals surface area contributed by atoms with Crippen LogP contribution in [0.15, 0.2) is 36.7 Å². The molecule has 2 aromatic heterocycles. The number of hydrogen-bond acceptors (Lipinski definition) is 3. The molecule has 27 heavy (non-hydrogen) atoms. The third-order valence-electron chi connectivity index (χ3n) is 4.88. The maximum absolute atomic E-state index is 13.8. The average molecular weight is 378 g/mol. The highest BCUT2D eigenvalue weighted by atomic mass is 19.4. The molecule has 1 aromatic carbocycles. The summed E-state index contributed by atoms with van der Waals surface area (Å²) in [6, 6.07) is 6.49. The minimum Gasteiger partial charge on any atom is -0.334 e. The molecule has 0 radical (unpaired) electrons. The maximum atomic E-state index is 13.8. The Morgan fingerprint density at radius 1 is 1.26 bits per heavy atom. The molecule has 1 aliphatic heterocycles. The first-order chi connectivity index (χ1) is 12.9. The van der Waals surface area contributed by atoms with Gasteiger partial charge in [0.1, 0.15) is 11.6 Å². The number of alkyl halides is 3. The third kappa shape index (κ3) is 3.80. The predicted octanol–water partition coefficient (Wildman–Crippen LogP) is 3.94. The monoisotopic (exact) mass is 378 g/mol. The molecule has 4 nitrogen and oxygen atoms in total. The van der Waals surface area contributed by atoms with Gasteiger partial charge in [-0.15, -0.1) is 0 Å². The van der Waals surface area contributed by atoms with Crippen LogP contribution in [0.4, 0.5) is 17.6 Å². The molecule has 1 unspecified atom stereocenters. The van der Waals surface area contributed by atoms with Crippen LogP contribution in [0.2, 0.25) is 0 Å². The minimum absolute atomic E-state index is 0.195. The van der Waals surface area contributed by atoms with Gasteiger partial charge >= 0.3 is 6.18 Å². The minimum atomic E-state index is -4.41. The van der Waals surface area contributed by atoms with E-state index < -0.39 is 11.9 Å². The Morgan fingerprint density at radius 3 is 2.93 bits per heavy atom. The molecule has 142 valence electrons. The van der Waals surface area contributed by atoms with Crippen molar-refractivity contribution in [3.05, 3.63) is 59.6 Å². The van der Waals surface area contributed by atoms with Crippen molar-refractivity contribution in [1.29, 1.82) is 0 Å². The largest absolute Gasteiger partial charge is 0.434 e. The number of rotatable bonds is 4. The molecule has 1 N–H and O–H groups in total. The Kier molecular flexibility index (Phi) is 4.59. The molecule has 0 fully saturated rings. The predicted molar refractivity (Wildman–Crippen MR) is 92.4 cm³/mol. The molecule has 1 atom stereocenters. The van der Waals surface area contributed by atoms with E-state index in [4.69, 9.17) is 0 Å². The van der Waals surface area contributed by atoms with Gasteiger partial charge in [-0.3, -0.25) is 4.98 Å². The molecular weight excluding hydrogens is 360 g/mol. The number of nitrogens with zero attached hydrogens (tertiary/aromatic N) is 3. The summed E-state index contributed by atoms with van der Waals surface area (Å²) in [5.41, 5.74) is 0.689. The molecule has 0 saturated carbocycles. The molecule has 4 rings (SSSR count). The molecular formula is C19H18F4N4. The molecule has 8 heteroatoms. The van der Waals surface area contributed by atoms with E-state index in [2.05, 4.69) is 15.3 Å². The summed E-state index contributed by atoms with van der Waals surface area (Å²) < 4.78 is 53.8. The molecule has 0 spiro atoms. The van der Waals surface area contributed by atoms with Crippen molar-refractivity contribution in [2.24, 2.45) is 5.92 Å². The van der Waals surface area contributed by atoms with Gasteiger partial charge < -0.3 is 9.88 Å². The normalized spacial score (nSPS) is 17.3. The van der Waals surface area contributed by atoms with E-state index in [1.807, 2.05) is 6.07 Å². The summed E-state index contributed by atoms with van der Waals surface area (Å²) in [6.45, 7) is 1.57. The van der Waals surface area contributed by atoms with Crippen LogP contribution in [0.3, 0.4) is 0 Å². The Balaban J connectivity index is 1.40.